The summed E-state index contributed by atoms with van der Waals surface area (Å²) in [7, 11) is -3.22. The second-order valence-corrected chi connectivity index (χ2v) is 6.87. The van der Waals surface area contributed by atoms with Gasteiger partial charge in [-0.2, -0.15) is 8.78 Å². The largest absolute Gasteiger partial charge is 0.496 e. The van der Waals surface area contributed by atoms with Gasteiger partial charge in [0.05, 0.1) is 17.7 Å². The van der Waals surface area contributed by atoms with Gasteiger partial charge in [-0.15, -0.1) is 0 Å². The van der Waals surface area contributed by atoms with Gasteiger partial charge >= 0.3 is 5.76 Å². The normalized spacial score (nSPS) is 11.5. The van der Waals surface area contributed by atoms with Crippen molar-refractivity contribution in [2.75, 3.05) is 12.4 Å². The van der Waals surface area contributed by atoms with E-state index in [2.05, 4.69) is 5.32 Å². The lowest BCUT2D eigenvalue weighted by molar-refractivity contribution is 0.235. The number of anilines is 1. The van der Waals surface area contributed by atoms with Crippen LogP contribution in [0.4, 0.5) is 14.5 Å². The number of benzene rings is 2. The Morgan fingerprint density at radius 1 is 1.17 bits per heavy atom. The minimum atomic E-state index is -4.70. The van der Waals surface area contributed by atoms with Crippen LogP contribution in [0.25, 0.3) is 0 Å². The quantitative estimate of drug-likeness (QED) is 0.846. The molecule has 2 aromatic carbocycles. The van der Waals surface area contributed by atoms with Crippen molar-refractivity contribution in [1.82, 2.24) is 0 Å². The molecule has 0 heterocycles. The van der Waals surface area contributed by atoms with Gasteiger partial charge in [0.15, 0.2) is 0 Å². The number of methoxy groups -OCH3 is 1. The second kappa shape index (κ2) is 7.14. The summed E-state index contributed by atoms with van der Waals surface area (Å²) in [4.78, 5) is -0.457. The average molecular weight is 362 g/mol. The van der Waals surface area contributed by atoms with Crippen LogP contribution in [-0.4, -0.2) is 21.3 Å². The highest BCUT2D eigenvalue weighted by Gasteiger charge is 2.29. The highest BCUT2D eigenvalue weighted by atomic mass is 35.5. The number of halogens is 3. The highest BCUT2D eigenvalue weighted by Crippen LogP contribution is 2.30. The Labute approximate surface area is 138 Å². The second-order valence-electron chi connectivity index (χ2n) is 4.58. The molecule has 124 valence electrons. The molecule has 1 N–H and O–H groups in total. The van der Waals surface area contributed by atoms with Crippen LogP contribution in [0.2, 0.25) is 5.02 Å². The lowest BCUT2D eigenvalue weighted by atomic mass is 10.2. The van der Waals surface area contributed by atoms with Gasteiger partial charge in [0.25, 0.3) is 0 Å². The predicted molar refractivity (Wildman–Crippen MR) is 85.0 cm³/mol. The molecule has 0 aromatic heterocycles. The van der Waals surface area contributed by atoms with Crippen molar-refractivity contribution in [3.8, 4) is 5.75 Å². The Morgan fingerprint density at radius 3 is 2.52 bits per heavy atom. The van der Waals surface area contributed by atoms with E-state index in [9.17, 15) is 17.2 Å². The number of ether oxygens (including phenoxy) is 1. The lowest BCUT2D eigenvalue weighted by Gasteiger charge is -2.15. The van der Waals surface area contributed by atoms with Crippen molar-refractivity contribution in [3.05, 3.63) is 53.1 Å². The van der Waals surface area contributed by atoms with Crippen LogP contribution in [0.5, 0.6) is 5.75 Å². The maximum atomic E-state index is 12.8. The van der Waals surface area contributed by atoms with E-state index in [1.54, 1.807) is 24.3 Å². The fraction of sp³-hybridized carbons (Fsp3) is 0.200. The monoisotopic (exact) mass is 361 g/mol. The van der Waals surface area contributed by atoms with Crippen LogP contribution in [-0.2, 0) is 16.4 Å². The van der Waals surface area contributed by atoms with Gasteiger partial charge in [-0.25, -0.2) is 8.42 Å². The third-order valence-electron chi connectivity index (χ3n) is 3.18. The van der Waals surface area contributed by atoms with Gasteiger partial charge in [-0.1, -0.05) is 29.8 Å². The molecule has 23 heavy (non-hydrogen) atoms. The highest BCUT2D eigenvalue weighted by molar-refractivity contribution is 7.91. The van der Waals surface area contributed by atoms with E-state index in [1.807, 2.05) is 0 Å². The number of nitrogens with one attached hydrogen (secondary N) is 1. The molecule has 0 radical (unpaired) electrons. The van der Waals surface area contributed by atoms with Crippen molar-refractivity contribution in [2.24, 2.45) is 0 Å². The number of hydrogen-bond donors (Lipinski definition) is 1. The predicted octanol–water partition coefficient (Wildman–Crippen LogP) is 3.96. The minimum Gasteiger partial charge on any atom is -0.496 e. The van der Waals surface area contributed by atoms with Crippen LogP contribution >= 0.6 is 11.6 Å². The molecule has 2 aromatic rings. The van der Waals surface area contributed by atoms with E-state index in [0.29, 0.717) is 16.3 Å². The van der Waals surface area contributed by atoms with E-state index in [0.717, 1.165) is 6.07 Å². The molecule has 0 saturated heterocycles. The van der Waals surface area contributed by atoms with Crippen LogP contribution < -0.4 is 10.1 Å². The molecular formula is C15H14ClF2NO3S. The molecule has 0 aliphatic rings. The smallest absolute Gasteiger partial charge is 0.341 e. The van der Waals surface area contributed by atoms with Gasteiger partial charge < -0.3 is 10.1 Å². The van der Waals surface area contributed by atoms with Gasteiger partial charge in [-0.3, -0.25) is 0 Å². The van der Waals surface area contributed by atoms with E-state index >= 15 is 0 Å². The summed E-state index contributed by atoms with van der Waals surface area (Å²) in [6.07, 6.45) is 0. The third kappa shape index (κ3) is 3.73. The molecule has 0 bridgehead atoms. The first-order valence-corrected chi connectivity index (χ1v) is 8.46. The minimum absolute atomic E-state index is 0.0785. The summed E-state index contributed by atoms with van der Waals surface area (Å²) < 4.78 is 54.1. The lowest BCUT2D eigenvalue weighted by Crippen LogP contribution is -2.14. The topological polar surface area (TPSA) is 55.4 Å². The van der Waals surface area contributed by atoms with Crippen molar-refractivity contribution < 1.29 is 21.9 Å². The molecule has 8 heteroatoms. The number of rotatable bonds is 6. The maximum Gasteiger partial charge on any atom is 0.341 e. The fourth-order valence-corrected chi connectivity index (χ4v) is 3.18. The third-order valence-corrected chi connectivity index (χ3v) is 4.97. The van der Waals surface area contributed by atoms with E-state index in [1.165, 1.54) is 19.2 Å². The van der Waals surface area contributed by atoms with Crippen LogP contribution in [0.15, 0.2) is 47.4 Å². The Kier molecular flexibility index (Phi) is 5.43. The Bertz CT molecular complexity index is 797. The summed E-state index contributed by atoms with van der Waals surface area (Å²) in [6.45, 7) is 0.124. The molecule has 0 unspecified atom stereocenters. The number of hydrogen-bond acceptors (Lipinski definition) is 4. The molecule has 0 amide bonds. The van der Waals surface area contributed by atoms with Crippen molar-refractivity contribution >= 4 is 27.1 Å². The van der Waals surface area contributed by atoms with Crippen molar-refractivity contribution in [1.29, 1.82) is 0 Å². The summed E-state index contributed by atoms with van der Waals surface area (Å²) in [5, 5.41) is 3.25. The van der Waals surface area contributed by atoms with E-state index in [4.69, 9.17) is 16.3 Å². The number of alkyl halides is 2. The average Bonchev–Trinajstić information content (AvgIpc) is 2.53. The van der Waals surface area contributed by atoms with Crippen LogP contribution in [0, 0.1) is 0 Å². The van der Waals surface area contributed by atoms with Crippen LogP contribution in [0.3, 0.4) is 0 Å². The fourth-order valence-electron chi connectivity index (χ4n) is 2.04. The summed E-state index contributed by atoms with van der Waals surface area (Å²) in [6, 6.07) is 10.5. The van der Waals surface area contributed by atoms with Crippen molar-refractivity contribution in [3.63, 3.8) is 0 Å². The van der Waals surface area contributed by atoms with Gasteiger partial charge in [-0.05, 0) is 24.3 Å². The Morgan fingerprint density at radius 2 is 1.87 bits per heavy atom. The molecule has 4 nitrogen and oxygen atoms in total. The molecule has 0 aliphatic heterocycles. The van der Waals surface area contributed by atoms with Crippen molar-refractivity contribution in [2.45, 2.75) is 17.2 Å². The molecular weight excluding hydrogens is 348 g/mol. The Hall–Kier alpha value is -1.86. The van der Waals surface area contributed by atoms with E-state index < -0.39 is 20.5 Å². The Balaban J connectivity index is 2.33. The molecule has 0 fully saturated rings. The van der Waals surface area contributed by atoms with Gasteiger partial charge in [0, 0.05) is 17.1 Å². The van der Waals surface area contributed by atoms with Gasteiger partial charge in [0.2, 0.25) is 9.84 Å². The standard InChI is InChI=1S/C15H14ClF2NO3S/c1-22-13-7-4-5-11(16)10(13)9-19-12-6-2-3-8-14(12)23(20,21)15(17)18/h2-8,15,19H,9H2,1H3. The number of para-hydroxylation sites is 1. The molecule has 2 rings (SSSR count). The first-order valence-electron chi connectivity index (χ1n) is 6.54. The maximum absolute atomic E-state index is 12.8. The van der Waals surface area contributed by atoms with E-state index in [-0.39, 0.29) is 12.2 Å². The molecule has 0 saturated carbocycles. The molecule has 0 spiro atoms. The zero-order valence-electron chi connectivity index (χ0n) is 12.1. The zero-order chi connectivity index (χ0) is 17.0. The molecule has 0 atom stereocenters. The molecule has 0 aliphatic carbocycles. The van der Waals surface area contributed by atoms with Crippen LogP contribution in [0.1, 0.15) is 5.56 Å². The SMILES string of the molecule is COc1cccc(Cl)c1CNc1ccccc1S(=O)(=O)C(F)F. The summed E-state index contributed by atoms with van der Waals surface area (Å²) in [5.74, 6) is -2.97. The number of sulfone groups is 1. The summed E-state index contributed by atoms with van der Waals surface area (Å²) >= 11 is 6.10. The van der Waals surface area contributed by atoms with Gasteiger partial charge in [0.1, 0.15) is 5.75 Å². The first kappa shape index (κ1) is 17.5. The first-order chi connectivity index (χ1) is 10.9. The zero-order valence-corrected chi connectivity index (χ0v) is 13.7. The summed E-state index contributed by atoms with van der Waals surface area (Å²) in [5.41, 5.74) is 0.677.